The molecule has 0 bridgehead atoms. The Morgan fingerprint density at radius 3 is 2.12 bits per heavy atom. The molecule has 2 aromatic carbocycles. The van der Waals surface area contributed by atoms with E-state index in [2.05, 4.69) is 5.32 Å². The van der Waals surface area contributed by atoms with Crippen LogP contribution in [0.4, 0.5) is 4.39 Å². The summed E-state index contributed by atoms with van der Waals surface area (Å²) in [6, 6.07) is 11.4. The van der Waals surface area contributed by atoms with Gasteiger partial charge in [0.2, 0.25) is 15.9 Å². The average molecular weight is 350 g/mol. The largest absolute Gasteiger partial charge is 0.457 e. The molecule has 1 saturated heterocycles. The molecule has 0 unspecified atom stereocenters. The molecular formula is C16H15FN2O4S. The van der Waals surface area contributed by atoms with Crippen molar-refractivity contribution in [3.8, 4) is 11.5 Å². The van der Waals surface area contributed by atoms with E-state index in [1.807, 2.05) is 0 Å². The number of carbonyl (C=O) groups excluding carboxylic acids is 1. The number of carbonyl (C=O) groups is 1. The van der Waals surface area contributed by atoms with E-state index in [-0.39, 0.29) is 36.3 Å². The number of rotatable bonds is 4. The molecule has 1 aliphatic rings. The Kier molecular flexibility index (Phi) is 4.50. The van der Waals surface area contributed by atoms with Crippen LogP contribution in [-0.4, -0.2) is 31.8 Å². The maximum atomic E-state index is 12.9. The van der Waals surface area contributed by atoms with Gasteiger partial charge in [-0.15, -0.1) is 0 Å². The lowest BCUT2D eigenvalue weighted by atomic mass is 10.3. The van der Waals surface area contributed by atoms with Crippen molar-refractivity contribution in [3.63, 3.8) is 0 Å². The minimum Gasteiger partial charge on any atom is -0.457 e. The van der Waals surface area contributed by atoms with Gasteiger partial charge in [-0.1, -0.05) is 0 Å². The van der Waals surface area contributed by atoms with E-state index in [1.165, 1.54) is 52.8 Å². The molecule has 0 radical (unpaired) electrons. The van der Waals surface area contributed by atoms with Crippen molar-refractivity contribution in [1.29, 1.82) is 0 Å². The van der Waals surface area contributed by atoms with E-state index >= 15 is 0 Å². The van der Waals surface area contributed by atoms with Crippen LogP contribution >= 0.6 is 0 Å². The highest BCUT2D eigenvalue weighted by molar-refractivity contribution is 7.89. The minimum atomic E-state index is -3.67. The Labute approximate surface area is 138 Å². The summed E-state index contributed by atoms with van der Waals surface area (Å²) in [7, 11) is -3.67. The molecule has 1 amide bonds. The van der Waals surface area contributed by atoms with Gasteiger partial charge in [0, 0.05) is 13.0 Å². The average Bonchev–Trinajstić information content (AvgIpc) is 2.58. The van der Waals surface area contributed by atoms with Crippen molar-refractivity contribution in [3.05, 3.63) is 54.3 Å². The fourth-order valence-electron chi connectivity index (χ4n) is 2.24. The molecule has 6 nitrogen and oxygen atoms in total. The van der Waals surface area contributed by atoms with E-state index < -0.39 is 10.0 Å². The molecule has 1 N–H and O–H groups in total. The van der Waals surface area contributed by atoms with Gasteiger partial charge in [-0.3, -0.25) is 4.79 Å². The van der Waals surface area contributed by atoms with Crippen molar-refractivity contribution in [2.45, 2.75) is 11.3 Å². The van der Waals surface area contributed by atoms with Gasteiger partial charge in [-0.2, -0.15) is 4.31 Å². The van der Waals surface area contributed by atoms with Gasteiger partial charge < -0.3 is 10.1 Å². The summed E-state index contributed by atoms with van der Waals surface area (Å²) >= 11 is 0. The number of amides is 1. The second-order valence-electron chi connectivity index (χ2n) is 5.22. The smallest absolute Gasteiger partial charge is 0.244 e. The molecule has 2 aromatic rings. The lowest BCUT2D eigenvalue weighted by molar-refractivity contribution is -0.123. The first kappa shape index (κ1) is 16.4. The molecule has 0 spiro atoms. The molecule has 1 fully saturated rings. The van der Waals surface area contributed by atoms with E-state index in [9.17, 15) is 17.6 Å². The summed E-state index contributed by atoms with van der Waals surface area (Å²) in [4.78, 5) is 11.3. The van der Waals surface area contributed by atoms with E-state index in [1.54, 1.807) is 0 Å². The Bertz CT molecular complexity index is 825. The third-order valence-corrected chi connectivity index (χ3v) is 5.41. The fraction of sp³-hybridized carbons (Fsp3) is 0.188. The molecule has 126 valence electrons. The molecule has 24 heavy (non-hydrogen) atoms. The second-order valence-corrected chi connectivity index (χ2v) is 7.15. The van der Waals surface area contributed by atoms with Gasteiger partial charge >= 0.3 is 0 Å². The van der Waals surface area contributed by atoms with Crippen LogP contribution in [0.5, 0.6) is 11.5 Å². The number of halogens is 1. The highest BCUT2D eigenvalue weighted by Crippen LogP contribution is 2.24. The summed E-state index contributed by atoms with van der Waals surface area (Å²) in [5.41, 5.74) is 0. The van der Waals surface area contributed by atoms with Gasteiger partial charge in [0.15, 0.2) is 0 Å². The van der Waals surface area contributed by atoms with Gasteiger partial charge in [-0.25, -0.2) is 12.8 Å². The number of hydrogen-bond acceptors (Lipinski definition) is 4. The standard InChI is InChI=1S/C16H15FN2O4S/c17-12-1-3-13(4-2-12)23-14-5-7-15(8-6-14)24(21,22)19-10-9-16(20)18-11-19/h1-8H,9-11H2,(H,18,20). The molecule has 1 heterocycles. The summed E-state index contributed by atoms with van der Waals surface area (Å²) in [6.45, 7) is 0.122. The molecule has 0 atom stereocenters. The van der Waals surface area contributed by atoms with Crippen LogP contribution in [-0.2, 0) is 14.8 Å². The first-order valence-corrected chi connectivity index (χ1v) is 8.69. The third kappa shape index (κ3) is 3.55. The SMILES string of the molecule is O=C1CCN(S(=O)(=O)c2ccc(Oc3ccc(F)cc3)cc2)CN1. The Hall–Kier alpha value is -2.45. The monoisotopic (exact) mass is 350 g/mol. The van der Waals surface area contributed by atoms with Crippen molar-refractivity contribution >= 4 is 15.9 Å². The number of ether oxygens (including phenoxy) is 1. The zero-order valence-electron chi connectivity index (χ0n) is 12.6. The number of benzene rings is 2. The highest BCUT2D eigenvalue weighted by Gasteiger charge is 2.28. The normalized spacial score (nSPS) is 15.8. The quantitative estimate of drug-likeness (QED) is 0.916. The summed E-state index contributed by atoms with van der Waals surface area (Å²) in [5, 5.41) is 2.51. The van der Waals surface area contributed by atoms with Crippen LogP contribution in [0.15, 0.2) is 53.4 Å². The predicted octanol–water partition coefficient (Wildman–Crippen LogP) is 2.09. The van der Waals surface area contributed by atoms with Crippen molar-refractivity contribution in [1.82, 2.24) is 9.62 Å². The number of sulfonamides is 1. The van der Waals surface area contributed by atoms with Gasteiger partial charge in [0.05, 0.1) is 11.6 Å². The van der Waals surface area contributed by atoms with Crippen LogP contribution in [0.1, 0.15) is 6.42 Å². The molecule has 0 aromatic heterocycles. The van der Waals surface area contributed by atoms with Crippen LogP contribution < -0.4 is 10.1 Å². The van der Waals surface area contributed by atoms with E-state index in [4.69, 9.17) is 4.74 Å². The molecular weight excluding hydrogens is 335 g/mol. The Balaban J connectivity index is 1.73. The van der Waals surface area contributed by atoms with Crippen molar-refractivity contribution in [2.24, 2.45) is 0 Å². The Morgan fingerprint density at radius 1 is 1.00 bits per heavy atom. The van der Waals surface area contributed by atoms with Crippen molar-refractivity contribution in [2.75, 3.05) is 13.2 Å². The zero-order chi connectivity index (χ0) is 17.2. The van der Waals surface area contributed by atoms with Crippen molar-refractivity contribution < 1.29 is 22.3 Å². The minimum absolute atomic E-state index is 0.0327. The number of nitrogens with zero attached hydrogens (tertiary/aromatic N) is 1. The number of nitrogens with one attached hydrogen (secondary N) is 1. The summed E-state index contributed by atoms with van der Waals surface area (Å²) < 4.78 is 44.6. The van der Waals surface area contributed by atoms with Gasteiger partial charge in [-0.05, 0) is 48.5 Å². The van der Waals surface area contributed by atoms with E-state index in [0.717, 1.165) is 0 Å². The fourth-order valence-corrected chi connectivity index (χ4v) is 3.59. The summed E-state index contributed by atoms with van der Waals surface area (Å²) in [5.74, 6) is 0.361. The molecule has 0 saturated carbocycles. The Morgan fingerprint density at radius 2 is 1.58 bits per heavy atom. The van der Waals surface area contributed by atoms with Crippen LogP contribution in [0.3, 0.4) is 0 Å². The lowest BCUT2D eigenvalue weighted by Crippen LogP contribution is -2.47. The molecule has 8 heteroatoms. The summed E-state index contributed by atoms with van der Waals surface area (Å²) in [6.07, 6.45) is 0.144. The van der Waals surface area contributed by atoms with Gasteiger partial charge in [0.1, 0.15) is 17.3 Å². The number of hydrogen-bond donors (Lipinski definition) is 1. The lowest BCUT2D eigenvalue weighted by Gasteiger charge is -2.26. The maximum absolute atomic E-state index is 12.9. The second kappa shape index (κ2) is 6.58. The first-order valence-electron chi connectivity index (χ1n) is 7.25. The molecule has 1 aliphatic heterocycles. The van der Waals surface area contributed by atoms with Crippen LogP contribution in [0, 0.1) is 5.82 Å². The molecule has 0 aliphatic carbocycles. The van der Waals surface area contributed by atoms with Crippen LogP contribution in [0.25, 0.3) is 0 Å². The topological polar surface area (TPSA) is 75.7 Å². The highest BCUT2D eigenvalue weighted by atomic mass is 32.2. The third-order valence-electron chi connectivity index (χ3n) is 3.55. The predicted molar refractivity (Wildman–Crippen MR) is 84.4 cm³/mol. The molecule has 3 rings (SSSR count). The zero-order valence-corrected chi connectivity index (χ0v) is 13.4. The van der Waals surface area contributed by atoms with Gasteiger partial charge in [0.25, 0.3) is 0 Å². The first-order chi connectivity index (χ1) is 11.4. The maximum Gasteiger partial charge on any atom is 0.244 e. The van der Waals surface area contributed by atoms with E-state index in [0.29, 0.717) is 11.5 Å². The van der Waals surface area contributed by atoms with Crippen LogP contribution in [0.2, 0.25) is 0 Å².